The van der Waals surface area contributed by atoms with Crippen LogP contribution in [0.25, 0.3) is 0 Å². The number of carbonyl (C=O) groups is 2. The van der Waals surface area contributed by atoms with E-state index >= 15 is 0 Å². The average molecular weight is 331 g/mol. The zero-order chi connectivity index (χ0) is 14.6. The molecule has 2 aliphatic rings. The van der Waals surface area contributed by atoms with Gasteiger partial charge in [-0.15, -0.1) is 0 Å². The molecule has 0 aromatic carbocycles. The van der Waals surface area contributed by atoms with E-state index in [4.69, 9.17) is 0 Å². The van der Waals surface area contributed by atoms with Crippen LogP contribution in [0.15, 0.2) is 0 Å². The highest BCUT2D eigenvalue weighted by Gasteiger charge is 2.67. The predicted octanol–water partition coefficient (Wildman–Crippen LogP) is 2.03. The van der Waals surface area contributed by atoms with E-state index in [-0.39, 0.29) is 28.0 Å². The zero-order valence-electron chi connectivity index (χ0n) is 12.2. The van der Waals surface area contributed by atoms with Gasteiger partial charge in [-0.1, -0.05) is 36.7 Å². The minimum absolute atomic E-state index is 0.0731. The summed E-state index contributed by atoms with van der Waals surface area (Å²) in [6.07, 6.45) is 1.03. The van der Waals surface area contributed by atoms with Crippen LogP contribution in [0, 0.1) is 23.2 Å². The van der Waals surface area contributed by atoms with Crippen LogP contribution in [0.1, 0.15) is 41.0 Å². The third kappa shape index (κ3) is 2.01. The molecule has 0 spiro atoms. The Morgan fingerprint density at radius 3 is 1.95 bits per heavy atom. The van der Waals surface area contributed by atoms with Crippen molar-refractivity contribution in [1.82, 2.24) is 10.6 Å². The Morgan fingerprint density at radius 2 is 1.58 bits per heavy atom. The number of hydrogen-bond donors (Lipinski definition) is 2. The highest BCUT2D eigenvalue weighted by atomic mass is 79.9. The molecule has 2 bridgehead atoms. The molecule has 2 N–H and O–H groups in total. The molecule has 0 saturated heterocycles. The van der Waals surface area contributed by atoms with Crippen LogP contribution >= 0.6 is 15.9 Å². The maximum absolute atomic E-state index is 11.6. The van der Waals surface area contributed by atoms with Gasteiger partial charge in [0.05, 0.1) is 4.83 Å². The van der Waals surface area contributed by atoms with Crippen LogP contribution in [-0.4, -0.2) is 22.3 Å². The standard InChI is InChI=1S/C14H23BrN2O2/c1-7-10-6-11(13(7,4)5)12(15)14(10,16-8(2)18)17-9(3)19/h7,10-12H,6H2,1-5H3,(H,16,18)(H,17,19)/t7-,10+,11+,12+/m0/s1. The fourth-order valence-electron chi connectivity index (χ4n) is 4.17. The zero-order valence-corrected chi connectivity index (χ0v) is 13.8. The molecule has 108 valence electrons. The number of hydrogen-bond acceptors (Lipinski definition) is 2. The van der Waals surface area contributed by atoms with Crippen molar-refractivity contribution in [2.24, 2.45) is 23.2 Å². The summed E-state index contributed by atoms with van der Waals surface area (Å²) in [5.74, 6) is 0.965. The van der Waals surface area contributed by atoms with Crippen molar-refractivity contribution in [2.45, 2.75) is 51.5 Å². The van der Waals surface area contributed by atoms with Crippen molar-refractivity contribution in [2.75, 3.05) is 0 Å². The van der Waals surface area contributed by atoms with Gasteiger partial charge in [0.25, 0.3) is 0 Å². The molecule has 2 fully saturated rings. The van der Waals surface area contributed by atoms with E-state index in [0.717, 1.165) is 6.42 Å². The SMILES string of the molecule is CC(=O)NC1(NC(C)=O)[C@H](Br)[C@H]2C[C@@H]1[C@H](C)C2(C)C. The second-order valence-corrected chi connectivity index (χ2v) is 7.68. The molecular weight excluding hydrogens is 308 g/mol. The summed E-state index contributed by atoms with van der Waals surface area (Å²) in [7, 11) is 0. The number of amides is 2. The third-order valence-electron chi connectivity index (χ3n) is 5.38. The molecule has 2 amide bonds. The summed E-state index contributed by atoms with van der Waals surface area (Å²) >= 11 is 3.75. The highest BCUT2D eigenvalue weighted by Crippen LogP contribution is 2.64. The fourth-order valence-corrected chi connectivity index (χ4v) is 5.64. The van der Waals surface area contributed by atoms with E-state index in [9.17, 15) is 9.59 Å². The van der Waals surface area contributed by atoms with Gasteiger partial charge >= 0.3 is 0 Å². The smallest absolute Gasteiger partial charge is 0.218 e. The van der Waals surface area contributed by atoms with Gasteiger partial charge in [-0.25, -0.2) is 0 Å². The Hall–Kier alpha value is -0.580. The number of fused-ring (bicyclic) bond motifs is 2. The van der Waals surface area contributed by atoms with Crippen molar-refractivity contribution < 1.29 is 9.59 Å². The molecule has 0 aliphatic heterocycles. The van der Waals surface area contributed by atoms with Crippen molar-refractivity contribution in [1.29, 1.82) is 0 Å². The minimum Gasteiger partial charge on any atom is -0.332 e. The molecule has 0 heterocycles. The van der Waals surface area contributed by atoms with E-state index in [1.807, 2.05) is 0 Å². The van der Waals surface area contributed by atoms with Crippen LogP contribution in [0.4, 0.5) is 0 Å². The van der Waals surface area contributed by atoms with Gasteiger partial charge in [0.1, 0.15) is 5.66 Å². The van der Waals surface area contributed by atoms with Gasteiger partial charge in [-0.05, 0) is 23.7 Å². The Balaban J connectivity index is 2.40. The molecule has 2 aliphatic carbocycles. The first-order valence-electron chi connectivity index (χ1n) is 6.84. The van der Waals surface area contributed by atoms with Crippen molar-refractivity contribution >= 4 is 27.7 Å². The number of alkyl halides is 1. The normalized spacial score (nSPS) is 38.0. The Kier molecular flexibility index (Phi) is 3.49. The first-order valence-corrected chi connectivity index (χ1v) is 7.76. The van der Waals surface area contributed by atoms with E-state index in [1.165, 1.54) is 13.8 Å². The monoisotopic (exact) mass is 330 g/mol. The van der Waals surface area contributed by atoms with Crippen molar-refractivity contribution in [3.05, 3.63) is 0 Å². The van der Waals surface area contributed by atoms with E-state index in [2.05, 4.69) is 47.3 Å². The first kappa shape index (κ1) is 14.8. The second-order valence-electron chi connectivity index (χ2n) is 6.69. The number of halogens is 1. The van der Waals surface area contributed by atoms with Crippen LogP contribution in [0.3, 0.4) is 0 Å². The molecule has 4 atom stereocenters. The maximum atomic E-state index is 11.6. The maximum Gasteiger partial charge on any atom is 0.218 e. The molecule has 5 heteroatoms. The van der Waals surface area contributed by atoms with Gasteiger partial charge in [0.2, 0.25) is 11.8 Å². The molecular formula is C14H23BrN2O2. The average Bonchev–Trinajstić information content (AvgIpc) is 2.62. The largest absolute Gasteiger partial charge is 0.332 e. The van der Waals surface area contributed by atoms with E-state index < -0.39 is 5.66 Å². The number of nitrogens with one attached hydrogen (secondary N) is 2. The van der Waals surface area contributed by atoms with Crippen LogP contribution < -0.4 is 10.6 Å². The Labute approximate surface area is 123 Å². The molecule has 19 heavy (non-hydrogen) atoms. The van der Waals surface area contributed by atoms with Crippen LogP contribution in [-0.2, 0) is 9.59 Å². The van der Waals surface area contributed by atoms with E-state index in [0.29, 0.717) is 11.8 Å². The summed E-state index contributed by atoms with van der Waals surface area (Å²) in [6, 6.07) is 0. The molecule has 0 unspecified atom stereocenters. The lowest BCUT2D eigenvalue weighted by molar-refractivity contribution is -0.127. The van der Waals surface area contributed by atoms with Gasteiger partial charge < -0.3 is 10.6 Å². The molecule has 0 aromatic heterocycles. The highest BCUT2D eigenvalue weighted by molar-refractivity contribution is 9.09. The molecule has 0 radical (unpaired) electrons. The van der Waals surface area contributed by atoms with Crippen LogP contribution in [0.5, 0.6) is 0 Å². The molecule has 0 aromatic rings. The lowest BCUT2D eigenvalue weighted by Gasteiger charge is -2.50. The number of rotatable bonds is 2. The summed E-state index contributed by atoms with van der Waals surface area (Å²) in [5.41, 5.74) is -0.420. The van der Waals surface area contributed by atoms with Gasteiger partial charge in [0, 0.05) is 19.8 Å². The van der Waals surface area contributed by atoms with Crippen LogP contribution in [0.2, 0.25) is 0 Å². The van der Waals surface area contributed by atoms with Gasteiger partial charge in [-0.2, -0.15) is 0 Å². The quantitative estimate of drug-likeness (QED) is 0.601. The summed E-state index contributed by atoms with van der Waals surface area (Å²) < 4.78 is 0. The fraction of sp³-hybridized carbons (Fsp3) is 0.857. The van der Waals surface area contributed by atoms with Gasteiger partial charge in [-0.3, -0.25) is 9.59 Å². The topological polar surface area (TPSA) is 58.2 Å². The lowest BCUT2D eigenvalue weighted by atomic mass is 9.65. The molecule has 4 nitrogen and oxygen atoms in total. The third-order valence-corrected chi connectivity index (χ3v) is 6.74. The number of carbonyl (C=O) groups excluding carboxylic acids is 2. The summed E-state index contributed by atoms with van der Waals surface area (Å²) in [6.45, 7) is 9.79. The lowest BCUT2D eigenvalue weighted by Crippen LogP contribution is -2.70. The first-order chi connectivity index (χ1) is 8.63. The van der Waals surface area contributed by atoms with E-state index in [1.54, 1.807) is 0 Å². The van der Waals surface area contributed by atoms with Crippen molar-refractivity contribution in [3.8, 4) is 0 Å². The Bertz CT molecular complexity index is 406. The van der Waals surface area contributed by atoms with Crippen molar-refractivity contribution in [3.63, 3.8) is 0 Å². The molecule has 2 saturated carbocycles. The summed E-state index contributed by atoms with van der Waals surface area (Å²) in [4.78, 5) is 23.3. The molecule has 2 rings (SSSR count). The minimum atomic E-state index is -0.642. The summed E-state index contributed by atoms with van der Waals surface area (Å²) in [5, 5.41) is 6.04. The second kappa shape index (κ2) is 4.47. The predicted molar refractivity (Wildman–Crippen MR) is 77.6 cm³/mol. The Morgan fingerprint density at radius 1 is 1.11 bits per heavy atom. The van der Waals surface area contributed by atoms with Gasteiger partial charge in [0.15, 0.2) is 0 Å².